The first kappa shape index (κ1) is 19.0. The summed E-state index contributed by atoms with van der Waals surface area (Å²) in [7, 11) is 0. The molecule has 8 heteroatoms. The highest BCUT2D eigenvalue weighted by molar-refractivity contribution is 7.80. The molecule has 0 bridgehead atoms. The summed E-state index contributed by atoms with van der Waals surface area (Å²) in [4.78, 5) is 16.7. The Morgan fingerprint density at radius 2 is 1.83 bits per heavy atom. The molecule has 4 aromatic rings. The second kappa shape index (κ2) is 7.94. The number of hydrogen-bond acceptors (Lipinski definition) is 5. The van der Waals surface area contributed by atoms with E-state index in [1.54, 1.807) is 12.1 Å². The number of para-hydroxylation sites is 1. The Hall–Kier alpha value is -3.36. The van der Waals surface area contributed by atoms with Gasteiger partial charge in [0.2, 0.25) is 0 Å². The lowest BCUT2D eigenvalue weighted by molar-refractivity contribution is 0.0977. The molecule has 3 N–H and O–H groups in total. The summed E-state index contributed by atoms with van der Waals surface area (Å²) in [5.41, 5.74) is 2.29. The lowest BCUT2D eigenvalue weighted by atomic mass is 10.2. The Morgan fingerprint density at radius 3 is 2.59 bits per heavy atom. The predicted molar refractivity (Wildman–Crippen MR) is 117 cm³/mol. The first-order chi connectivity index (χ1) is 14.0. The lowest BCUT2D eigenvalue weighted by Gasteiger charge is -2.11. The number of phenols is 1. The fourth-order valence-electron chi connectivity index (χ4n) is 2.71. The number of nitrogens with zero attached hydrogens (tertiary/aromatic N) is 1. The number of phenolic OH excluding ortho intramolecular Hbond substituents is 1. The molecule has 0 unspecified atom stereocenters. The molecule has 5 nitrogen and oxygen atoms in total. The molecule has 4 rings (SSSR count). The van der Waals surface area contributed by atoms with Crippen LogP contribution in [0.5, 0.6) is 5.75 Å². The zero-order chi connectivity index (χ0) is 20.4. The SMILES string of the molecule is O=C(NC(=S)Nc1ccc(O)c(-c2nc3ccccc3s2)c1)c1ccc(F)cc1. The number of nitrogens with one attached hydrogen (secondary N) is 2. The number of aromatic hydroxyl groups is 1. The molecule has 144 valence electrons. The van der Waals surface area contributed by atoms with Crippen molar-refractivity contribution in [2.75, 3.05) is 5.32 Å². The number of carbonyl (C=O) groups is 1. The largest absolute Gasteiger partial charge is 0.507 e. The van der Waals surface area contributed by atoms with Gasteiger partial charge in [0.1, 0.15) is 16.6 Å². The molecule has 0 spiro atoms. The summed E-state index contributed by atoms with van der Waals surface area (Å²) >= 11 is 6.66. The van der Waals surface area contributed by atoms with E-state index < -0.39 is 11.7 Å². The van der Waals surface area contributed by atoms with E-state index in [9.17, 15) is 14.3 Å². The van der Waals surface area contributed by atoms with Crippen LogP contribution in [0.4, 0.5) is 10.1 Å². The van der Waals surface area contributed by atoms with Crippen LogP contribution >= 0.6 is 23.6 Å². The summed E-state index contributed by atoms with van der Waals surface area (Å²) in [5.74, 6) is -0.780. The summed E-state index contributed by atoms with van der Waals surface area (Å²) < 4.78 is 14.0. The number of benzene rings is 3. The standard InChI is InChI=1S/C21H14FN3O2S2/c22-13-7-5-12(6-8-13)19(27)25-21(28)23-14-9-10-17(26)15(11-14)20-24-16-3-1-2-4-18(16)29-20/h1-11,26H,(H2,23,25,27,28). The minimum absolute atomic E-state index is 0.0836. The number of amides is 1. The summed E-state index contributed by atoms with van der Waals surface area (Å²) in [6.07, 6.45) is 0. The Morgan fingerprint density at radius 1 is 1.07 bits per heavy atom. The van der Waals surface area contributed by atoms with Gasteiger partial charge < -0.3 is 10.4 Å². The van der Waals surface area contributed by atoms with Crippen LogP contribution in [0.2, 0.25) is 0 Å². The van der Waals surface area contributed by atoms with E-state index in [1.807, 2.05) is 24.3 Å². The molecule has 0 radical (unpaired) electrons. The Bertz CT molecular complexity index is 1190. The summed E-state index contributed by atoms with van der Waals surface area (Å²) in [6.45, 7) is 0. The first-order valence-corrected chi connectivity index (χ1v) is 9.79. The van der Waals surface area contributed by atoms with Crippen molar-refractivity contribution in [3.05, 3.63) is 78.1 Å². The number of rotatable bonds is 3. The van der Waals surface area contributed by atoms with Crippen molar-refractivity contribution < 1.29 is 14.3 Å². The molecule has 1 aromatic heterocycles. The Kier molecular flexibility index (Phi) is 5.20. The fourth-order valence-corrected chi connectivity index (χ4v) is 3.91. The zero-order valence-corrected chi connectivity index (χ0v) is 16.5. The highest BCUT2D eigenvalue weighted by atomic mass is 32.1. The van der Waals surface area contributed by atoms with Gasteiger partial charge in [0.15, 0.2) is 5.11 Å². The van der Waals surface area contributed by atoms with E-state index in [4.69, 9.17) is 12.2 Å². The number of halogens is 1. The molecular weight excluding hydrogens is 409 g/mol. The third-order valence-electron chi connectivity index (χ3n) is 4.11. The monoisotopic (exact) mass is 423 g/mol. The number of aromatic nitrogens is 1. The minimum atomic E-state index is -0.451. The molecule has 0 aliphatic heterocycles. The number of hydrogen-bond donors (Lipinski definition) is 3. The van der Waals surface area contributed by atoms with E-state index in [0.717, 1.165) is 10.2 Å². The molecule has 29 heavy (non-hydrogen) atoms. The maximum absolute atomic E-state index is 13.0. The normalized spacial score (nSPS) is 10.7. The van der Waals surface area contributed by atoms with Crippen LogP contribution in [-0.4, -0.2) is 21.1 Å². The molecule has 1 heterocycles. The van der Waals surface area contributed by atoms with Crippen molar-refractivity contribution in [3.63, 3.8) is 0 Å². The van der Waals surface area contributed by atoms with Gasteiger partial charge in [-0.2, -0.15) is 0 Å². The Labute approximate surface area is 174 Å². The van der Waals surface area contributed by atoms with Crippen LogP contribution < -0.4 is 10.6 Å². The average molecular weight is 423 g/mol. The van der Waals surface area contributed by atoms with Gasteiger partial charge in [-0.25, -0.2) is 9.37 Å². The number of fused-ring (bicyclic) bond motifs is 1. The van der Waals surface area contributed by atoms with Gasteiger partial charge in [-0.15, -0.1) is 11.3 Å². The highest BCUT2D eigenvalue weighted by Gasteiger charge is 2.13. The highest BCUT2D eigenvalue weighted by Crippen LogP contribution is 2.36. The van der Waals surface area contributed by atoms with Gasteiger partial charge in [0.05, 0.1) is 15.8 Å². The molecule has 0 fully saturated rings. The van der Waals surface area contributed by atoms with Crippen LogP contribution in [0.15, 0.2) is 66.7 Å². The second-order valence-corrected chi connectivity index (χ2v) is 7.57. The topological polar surface area (TPSA) is 74.2 Å². The van der Waals surface area contributed by atoms with Crippen LogP contribution in [0.25, 0.3) is 20.8 Å². The van der Waals surface area contributed by atoms with Crippen molar-refractivity contribution in [1.29, 1.82) is 0 Å². The second-order valence-electron chi connectivity index (χ2n) is 6.13. The van der Waals surface area contributed by atoms with Gasteiger partial charge in [-0.3, -0.25) is 10.1 Å². The van der Waals surface area contributed by atoms with E-state index in [1.165, 1.54) is 41.7 Å². The van der Waals surface area contributed by atoms with Crippen LogP contribution in [0.1, 0.15) is 10.4 Å². The molecule has 1 amide bonds. The number of thiocarbonyl (C=S) groups is 1. The lowest BCUT2D eigenvalue weighted by Crippen LogP contribution is -2.34. The maximum atomic E-state index is 13.0. The molecule has 0 saturated carbocycles. The van der Waals surface area contributed by atoms with Gasteiger partial charge in [-0.05, 0) is 66.8 Å². The van der Waals surface area contributed by atoms with Crippen LogP contribution in [0.3, 0.4) is 0 Å². The van der Waals surface area contributed by atoms with Crippen molar-refractivity contribution >= 4 is 50.5 Å². The Balaban J connectivity index is 1.52. The average Bonchev–Trinajstić information content (AvgIpc) is 3.14. The quantitative estimate of drug-likeness (QED) is 0.322. The number of thiazole rings is 1. The maximum Gasteiger partial charge on any atom is 0.257 e. The molecule has 0 saturated heterocycles. The van der Waals surface area contributed by atoms with E-state index in [-0.39, 0.29) is 16.4 Å². The third-order valence-corrected chi connectivity index (χ3v) is 5.39. The van der Waals surface area contributed by atoms with Crippen LogP contribution in [-0.2, 0) is 0 Å². The number of anilines is 1. The fraction of sp³-hybridized carbons (Fsp3) is 0. The van der Waals surface area contributed by atoms with Gasteiger partial charge in [-0.1, -0.05) is 12.1 Å². The van der Waals surface area contributed by atoms with Crippen molar-refractivity contribution in [3.8, 4) is 16.3 Å². The van der Waals surface area contributed by atoms with Crippen LogP contribution in [0, 0.1) is 5.82 Å². The van der Waals surface area contributed by atoms with Crippen molar-refractivity contribution in [1.82, 2.24) is 10.3 Å². The third kappa shape index (κ3) is 4.23. The van der Waals surface area contributed by atoms with E-state index >= 15 is 0 Å². The van der Waals surface area contributed by atoms with Crippen molar-refractivity contribution in [2.45, 2.75) is 0 Å². The smallest absolute Gasteiger partial charge is 0.257 e. The van der Waals surface area contributed by atoms with Gasteiger partial charge in [0, 0.05) is 11.3 Å². The minimum Gasteiger partial charge on any atom is -0.507 e. The van der Waals surface area contributed by atoms with Crippen molar-refractivity contribution in [2.24, 2.45) is 0 Å². The van der Waals surface area contributed by atoms with Gasteiger partial charge in [0.25, 0.3) is 5.91 Å². The molecule has 0 aliphatic carbocycles. The predicted octanol–water partition coefficient (Wildman–Crippen LogP) is 4.93. The summed E-state index contributed by atoms with van der Waals surface area (Å²) in [6, 6.07) is 17.8. The molecule has 3 aromatic carbocycles. The van der Waals surface area contributed by atoms with E-state index in [0.29, 0.717) is 16.3 Å². The van der Waals surface area contributed by atoms with E-state index in [2.05, 4.69) is 15.6 Å². The first-order valence-electron chi connectivity index (χ1n) is 8.56. The summed E-state index contributed by atoms with van der Waals surface area (Å²) in [5, 5.41) is 16.5. The van der Waals surface area contributed by atoms with Gasteiger partial charge >= 0.3 is 0 Å². The molecule has 0 aliphatic rings. The zero-order valence-electron chi connectivity index (χ0n) is 14.8. The molecular formula is C21H14FN3O2S2. The number of carbonyl (C=O) groups excluding carboxylic acids is 1. The molecule has 0 atom stereocenters.